The van der Waals surface area contributed by atoms with E-state index in [1.165, 1.54) is 24.8 Å². The summed E-state index contributed by atoms with van der Waals surface area (Å²) in [5.74, 6) is 0.972. The summed E-state index contributed by atoms with van der Waals surface area (Å²) in [5, 5.41) is 3.46. The van der Waals surface area contributed by atoms with Crippen LogP contribution in [-0.2, 0) is 6.42 Å². The van der Waals surface area contributed by atoms with Crippen molar-refractivity contribution >= 4 is 0 Å². The van der Waals surface area contributed by atoms with Crippen LogP contribution in [0.3, 0.4) is 0 Å². The molecule has 1 N–H and O–H groups in total. The predicted molar refractivity (Wildman–Crippen MR) is 78.3 cm³/mol. The van der Waals surface area contributed by atoms with Gasteiger partial charge >= 0.3 is 0 Å². The highest BCUT2D eigenvalue weighted by Gasteiger charge is 1.99. The first-order valence-electron chi connectivity index (χ1n) is 7.21. The number of hydrogen-bond acceptors (Lipinski definition) is 2. The van der Waals surface area contributed by atoms with E-state index in [2.05, 4.69) is 50.4 Å². The van der Waals surface area contributed by atoms with Gasteiger partial charge in [-0.1, -0.05) is 38.8 Å². The summed E-state index contributed by atoms with van der Waals surface area (Å²) >= 11 is 0. The van der Waals surface area contributed by atoms with Gasteiger partial charge in [0.05, 0.1) is 0 Å². The van der Waals surface area contributed by atoms with E-state index in [0.717, 1.165) is 25.3 Å². The standard InChI is InChI=1S/C16H27NO/c1-4-6-14(3)17-12-13-18-16-10-8-15(7-5-2)9-11-16/h8-11,14,17H,4-7,12-13H2,1-3H3. The Balaban J connectivity index is 2.19. The number of rotatable bonds is 9. The minimum Gasteiger partial charge on any atom is -0.492 e. The van der Waals surface area contributed by atoms with Gasteiger partial charge in [-0.05, 0) is 37.5 Å². The van der Waals surface area contributed by atoms with Crippen LogP contribution in [0.15, 0.2) is 24.3 Å². The Labute approximate surface area is 112 Å². The van der Waals surface area contributed by atoms with Crippen LogP contribution in [0, 0.1) is 0 Å². The lowest BCUT2D eigenvalue weighted by Crippen LogP contribution is -2.29. The SMILES string of the molecule is CCCc1ccc(OCCNC(C)CCC)cc1. The summed E-state index contributed by atoms with van der Waals surface area (Å²) in [7, 11) is 0. The zero-order valence-electron chi connectivity index (χ0n) is 12.0. The smallest absolute Gasteiger partial charge is 0.119 e. The predicted octanol–water partition coefficient (Wildman–Crippen LogP) is 3.80. The summed E-state index contributed by atoms with van der Waals surface area (Å²) in [6.45, 7) is 8.29. The molecule has 18 heavy (non-hydrogen) atoms. The summed E-state index contributed by atoms with van der Waals surface area (Å²) < 4.78 is 5.71. The van der Waals surface area contributed by atoms with Crippen molar-refractivity contribution in [3.63, 3.8) is 0 Å². The molecule has 0 heterocycles. The molecule has 2 heteroatoms. The molecule has 0 aliphatic heterocycles. The fraction of sp³-hybridized carbons (Fsp3) is 0.625. The first-order valence-corrected chi connectivity index (χ1v) is 7.21. The monoisotopic (exact) mass is 249 g/mol. The Hall–Kier alpha value is -1.02. The van der Waals surface area contributed by atoms with E-state index in [4.69, 9.17) is 4.74 Å². The molecule has 0 spiro atoms. The molecule has 0 radical (unpaired) electrons. The van der Waals surface area contributed by atoms with Crippen molar-refractivity contribution in [1.82, 2.24) is 5.32 Å². The van der Waals surface area contributed by atoms with Crippen LogP contribution in [0.4, 0.5) is 0 Å². The number of ether oxygens (including phenoxy) is 1. The average molecular weight is 249 g/mol. The molecule has 1 aromatic rings. The van der Waals surface area contributed by atoms with Crippen LogP contribution in [-0.4, -0.2) is 19.2 Å². The first-order chi connectivity index (χ1) is 8.76. The molecule has 0 saturated carbocycles. The molecule has 0 aliphatic carbocycles. The highest BCUT2D eigenvalue weighted by Crippen LogP contribution is 2.13. The number of nitrogens with one attached hydrogen (secondary N) is 1. The Morgan fingerprint density at radius 1 is 1.11 bits per heavy atom. The molecular weight excluding hydrogens is 222 g/mol. The van der Waals surface area contributed by atoms with Gasteiger partial charge in [0.15, 0.2) is 0 Å². The lowest BCUT2D eigenvalue weighted by atomic mass is 10.1. The van der Waals surface area contributed by atoms with E-state index in [0.29, 0.717) is 6.04 Å². The van der Waals surface area contributed by atoms with Gasteiger partial charge in [-0.2, -0.15) is 0 Å². The Kier molecular flexibility index (Phi) is 7.51. The van der Waals surface area contributed by atoms with Crippen LogP contribution in [0.2, 0.25) is 0 Å². The van der Waals surface area contributed by atoms with Crippen molar-refractivity contribution in [2.24, 2.45) is 0 Å². The normalized spacial score (nSPS) is 12.4. The minimum atomic E-state index is 0.588. The summed E-state index contributed by atoms with van der Waals surface area (Å²) in [4.78, 5) is 0. The second-order valence-electron chi connectivity index (χ2n) is 4.89. The van der Waals surface area contributed by atoms with Crippen molar-refractivity contribution in [1.29, 1.82) is 0 Å². The van der Waals surface area contributed by atoms with Gasteiger partial charge in [-0.25, -0.2) is 0 Å². The molecule has 1 atom stereocenters. The Morgan fingerprint density at radius 2 is 1.83 bits per heavy atom. The van der Waals surface area contributed by atoms with E-state index in [9.17, 15) is 0 Å². The maximum absolute atomic E-state index is 5.71. The molecule has 102 valence electrons. The molecule has 1 unspecified atom stereocenters. The summed E-state index contributed by atoms with van der Waals surface area (Å²) in [5.41, 5.74) is 1.39. The minimum absolute atomic E-state index is 0.588. The number of benzene rings is 1. The molecule has 0 aliphatic rings. The molecule has 1 rings (SSSR count). The molecule has 0 saturated heterocycles. The molecule has 0 aromatic heterocycles. The third-order valence-electron chi connectivity index (χ3n) is 3.05. The first kappa shape index (κ1) is 15.0. The third-order valence-corrected chi connectivity index (χ3v) is 3.05. The van der Waals surface area contributed by atoms with Crippen LogP contribution in [0.5, 0.6) is 5.75 Å². The fourth-order valence-corrected chi connectivity index (χ4v) is 2.05. The third kappa shape index (κ3) is 6.06. The van der Waals surface area contributed by atoms with E-state index in [-0.39, 0.29) is 0 Å². The van der Waals surface area contributed by atoms with Gasteiger partial charge in [0.25, 0.3) is 0 Å². The van der Waals surface area contributed by atoms with E-state index < -0.39 is 0 Å². The summed E-state index contributed by atoms with van der Waals surface area (Å²) in [6, 6.07) is 9.05. The van der Waals surface area contributed by atoms with E-state index in [1.807, 2.05) is 0 Å². The lowest BCUT2D eigenvalue weighted by Gasteiger charge is -2.13. The lowest BCUT2D eigenvalue weighted by molar-refractivity contribution is 0.305. The maximum atomic E-state index is 5.71. The second kappa shape index (κ2) is 8.98. The van der Waals surface area contributed by atoms with Crippen LogP contribution in [0.1, 0.15) is 45.6 Å². The highest BCUT2D eigenvalue weighted by atomic mass is 16.5. The van der Waals surface area contributed by atoms with Gasteiger partial charge in [-0.15, -0.1) is 0 Å². The van der Waals surface area contributed by atoms with E-state index >= 15 is 0 Å². The molecule has 0 fully saturated rings. The van der Waals surface area contributed by atoms with Crippen LogP contribution < -0.4 is 10.1 Å². The number of aryl methyl sites for hydroxylation is 1. The zero-order chi connectivity index (χ0) is 13.2. The molecule has 2 nitrogen and oxygen atoms in total. The van der Waals surface area contributed by atoms with Gasteiger partial charge in [0.1, 0.15) is 12.4 Å². The fourth-order valence-electron chi connectivity index (χ4n) is 2.05. The van der Waals surface area contributed by atoms with Crippen LogP contribution in [0.25, 0.3) is 0 Å². The van der Waals surface area contributed by atoms with Gasteiger partial charge in [0.2, 0.25) is 0 Å². The van der Waals surface area contributed by atoms with Crippen molar-refractivity contribution < 1.29 is 4.74 Å². The molecule has 0 bridgehead atoms. The summed E-state index contributed by atoms with van der Waals surface area (Å²) in [6.07, 6.45) is 4.80. The number of hydrogen-bond donors (Lipinski definition) is 1. The second-order valence-corrected chi connectivity index (χ2v) is 4.89. The quantitative estimate of drug-likeness (QED) is 0.672. The maximum Gasteiger partial charge on any atom is 0.119 e. The molecule has 0 amide bonds. The molecule has 1 aromatic carbocycles. The van der Waals surface area contributed by atoms with Gasteiger partial charge in [-0.3, -0.25) is 0 Å². The van der Waals surface area contributed by atoms with Crippen molar-refractivity contribution in [2.75, 3.05) is 13.2 Å². The largest absolute Gasteiger partial charge is 0.492 e. The van der Waals surface area contributed by atoms with Crippen LogP contribution >= 0.6 is 0 Å². The highest BCUT2D eigenvalue weighted by molar-refractivity contribution is 5.27. The molecular formula is C16H27NO. The van der Waals surface area contributed by atoms with E-state index in [1.54, 1.807) is 0 Å². The van der Waals surface area contributed by atoms with Crippen molar-refractivity contribution in [2.45, 2.75) is 52.5 Å². The van der Waals surface area contributed by atoms with Gasteiger partial charge < -0.3 is 10.1 Å². The average Bonchev–Trinajstić information content (AvgIpc) is 2.37. The zero-order valence-corrected chi connectivity index (χ0v) is 12.0. The van der Waals surface area contributed by atoms with Crippen molar-refractivity contribution in [3.8, 4) is 5.75 Å². The Bertz CT molecular complexity index is 307. The van der Waals surface area contributed by atoms with Crippen molar-refractivity contribution in [3.05, 3.63) is 29.8 Å². The van der Waals surface area contributed by atoms with Gasteiger partial charge in [0, 0.05) is 12.6 Å². The topological polar surface area (TPSA) is 21.3 Å². The Morgan fingerprint density at radius 3 is 2.44 bits per heavy atom.